The highest BCUT2D eigenvalue weighted by Gasteiger charge is 2.41. The summed E-state index contributed by atoms with van der Waals surface area (Å²) in [5, 5.41) is 5.31. The smallest absolute Gasteiger partial charge is 0.357 e. The summed E-state index contributed by atoms with van der Waals surface area (Å²) < 4.78 is 21.0. The summed E-state index contributed by atoms with van der Waals surface area (Å²) in [5.41, 5.74) is 6.60. The van der Waals surface area contributed by atoms with Gasteiger partial charge in [-0.2, -0.15) is 5.10 Å². The van der Waals surface area contributed by atoms with Crippen LogP contribution in [0.2, 0.25) is 0 Å². The molecule has 0 spiro atoms. The lowest BCUT2D eigenvalue weighted by molar-refractivity contribution is 0.0522. The molecule has 3 aromatic rings. The van der Waals surface area contributed by atoms with Crippen LogP contribution in [0, 0.1) is 19.8 Å². The maximum absolute atomic E-state index is 14.1. The second-order valence-corrected chi connectivity index (χ2v) is 8.93. The van der Waals surface area contributed by atoms with E-state index in [1.54, 1.807) is 26.1 Å². The lowest BCUT2D eigenvalue weighted by atomic mass is 9.94. The number of carbonyl (C=O) groups excluding carboxylic acids is 1. The van der Waals surface area contributed by atoms with Gasteiger partial charge in [-0.25, -0.2) is 14.2 Å². The summed E-state index contributed by atoms with van der Waals surface area (Å²) in [6.45, 7) is 12.4. The molecule has 4 rings (SSSR count). The third-order valence-corrected chi connectivity index (χ3v) is 6.29. The lowest BCUT2D eigenvalue weighted by Gasteiger charge is -2.14. The molecule has 0 bridgehead atoms. The van der Waals surface area contributed by atoms with Crippen LogP contribution in [0.25, 0.3) is 10.9 Å². The molecule has 5 nitrogen and oxygen atoms in total. The van der Waals surface area contributed by atoms with Gasteiger partial charge in [0.1, 0.15) is 6.17 Å². The van der Waals surface area contributed by atoms with Crippen LogP contribution in [0.3, 0.4) is 0 Å². The highest BCUT2D eigenvalue weighted by atomic mass is 19.1. The molecule has 3 atom stereocenters. The van der Waals surface area contributed by atoms with Crippen molar-refractivity contribution in [3.05, 3.63) is 70.7 Å². The van der Waals surface area contributed by atoms with Gasteiger partial charge in [0.15, 0.2) is 5.69 Å². The zero-order chi connectivity index (χ0) is 23.0. The van der Waals surface area contributed by atoms with Crippen molar-refractivity contribution in [3.63, 3.8) is 0 Å². The van der Waals surface area contributed by atoms with E-state index in [1.165, 1.54) is 16.7 Å². The van der Waals surface area contributed by atoms with Crippen LogP contribution in [0.4, 0.5) is 4.39 Å². The zero-order valence-corrected chi connectivity index (χ0v) is 19.2. The number of hydrogen-bond donors (Lipinski definition) is 0. The van der Waals surface area contributed by atoms with E-state index in [4.69, 9.17) is 4.74 Å². The average Bonchev–Trinajstić information content (AvgIpc) is 3.33. The van der Waals surface area contributed by atoms with Gasteiger partial charge in [0.25, 0.3) is 0 Å². The van der Waals surface area contributed by atoms with Crippen LogP contribution in [0.15, 0.2) is 42.7 Å². The number of halogens is 1. The Morgan fingerprint density at radius 3 is 2.72 bits per heavy atom. The largest absolute Gasteiger partial charge is 0.461 e. The van der Waals surface area contributed by atoms with Crippen molar-refractivity contribution in [2.75, 3.05) is 6.61 Å². The van der Waals surface area contributed by atoms with Gasteiger partial charge in [-0.05, 0) is 86.3 Å². The molecule has 32 heavy (non-hydrogen) atoms. The molecule has 2 aromatic heterocycles. The number of alkyl halides is 1. The van der Waals surface area contributed by atoms with Gasteiger partial charge in [0, 0.05) is 12.4 Å². The van der Waals surface area contributed by atoms with Crippen LogP contribution in [-0.2, 0) is 11.3 Å². The molecule has 0 radical (unpaired) electrons. The van der Waals surface area contributed by atoms with Gasteiger partial charge in [0.05, 0.1) is 24.1 Å². The second kappa shape index (κ2) is 8.85. The first kappa shape index (κ1) is 22.2. The number of aryl methyl sites for hydroxylation is 2. The number of ether oxygens (including phenoxy) is 1. The van der Waals surface area contributed by atoms with E-state index in [0.717, 1.165) is 12.0 Å². The number of hydrogen-bond acceptors (Lipinski definition) is 4. The van der Waals surface area contributed by atoms with E-state index in [9.17, 15) is 9.18 Å². The predicted octanol–water partition coefficient (Wildman–Crippen LogP) is 5.68. The summed E-state index contributed by atoms with van der Waals surface area (Å²) in [6.07, 6.45) is 4.13. The molecule has 2 heterocycles. The Labute approximate surface area is 188 Å². The number of aromatic nitrogens is 3. The van der Waals surface area contributed by atoms with Gasteiger partial charge in [-0.1, -0.05) is 18.7 Å². The molecule has 0 aliphatic heterocycles. The van der Waals surface area contributed by atoms with E-state index >= 15 is 0 Å². The number of nitrogens with zero attached hydrogens (tertiary/aromatic N) is 3. The van der Waals surface area contributed by atoms with E-state index in [2.05, 4.69) is 42.6 Å². The molecule has 1 fully saturated rings. The van der Waals surface area contributed by atoms with Gasteiger partial charge in [-0.3, -0.25) is 4.68 Å². The normalized spacial score (nSPS) is 18.5. The number of carbonyl (C=O) groups is 1. The quantitative estimate of drug-likeness (QED) is 0.337. The van der Waals surface area contributed by atoms with Crippen LogP contribution < -0.4 is 0 Å². The predicted molar refractivity (Wildman–Crippen MR) is 124 cm³/mol. The molecule has 1 saturated carbocycles. The van der Waals surface area contributed by atoms with E-state index < -0.39 is 12.1 Å². The number of pyridine rings is 1. The SMILES string of the molecule is C=C(C)C(F)CC1CC1c1c(C)cc(Cn2cc3c(C(=O)OCC)nccc3n2)cc1C. The number of rotatable bonds is 8. The Balaban J connectivity index is 1.53. The van der Waals surface area contributed by atoms with Crippen molar-refractivity contribution in [2.24, 2.45) is 5.92 Å². The van der Waals surface area contributed by atoms with E-state index in [-0.39, 0.29) is 0 Å². The van der Waals surface area contributed by atoms with Crippen LogP contribution in [-0.4, -0.2) is 33.5 Å². The molecule has 1 aliphatic rings. The first-order valence-corrected chi connectivity index (χ1v) is 11.2. The van der Waals surface area contributed by atoms with Gasteiger partial charge >= 0.3 is 5.97 Å². The minimum Gasteiger partial charge on any atom is -0.461 e. The maximum Gasteiger partial charge on any atom is 0.357 e. The summed E-state index contributed by atoms with van der Waals surface area (Å²) in [6, 6.07) is 6.19. The third-order valence-electron chi connectivity index (χ3n) is 6.29. The average molecular weight is 436 g/mol. The van der Waals surface area contributed by atoms with Gasteiger partial charge < -0.3 is 4.74 Å². The van der Waals surface area contributed by atoms with Crippen LogP contribution in [0.1, 0.15) is 65.3 Å². The summed E-state index contributed by atoms with van der Waals surface area (Å²) in [5.74, 6) is 0.400. The van der Waals surface area contributed by atoms with Gasteiger partial charge in [-0.15, -0.1) is 0 Å². The Morgan fingerprint density at radius 1 is 1.34 bits per heavy atom. The Hall–Kier alpha value is -3.02. The highest BCUT2D eigenvalue weighted by molar-refractivity contribution is 6.01. The number of esters is 1. The van der Waals surface area contributed by atoms with E-state index in [1.807, 2.05) is 10.9 Å². The van der Waals surface area contributed by atoms with Crippen LogP contribution in [0.5, 0.6) is 0 Å². The molecule has 3 unspecified atom stereocenters. The van der Waals surface area contributed by atoms with Crippen LogP contribution >= 0.6 is 0 Å². The fraction of sp³-hybridized carbons (Fsp3) is 0.423. The molecule has 1 aliphatic carbocycles. The Morgan fingerprint density at radius 2 is 2.06 bits per heavy atom. The fourth-order valence-electron chi connectivity index (χ4n) is 4.69. The third kappa shape index (κ3) is 4.45. The summed E-state index contributed by atoms with van der Waals surface area (Å²) in [7, 11) is 0. The van der Waals surface area contributed by atoms with E-state index in [0.29, 0.717) is 53.6 Å². The minimum atomic E-state index is -0.909. The fourth-order valence-corrected chi connectivity index (χ4v) is 4.69. The molecule has 1 aromatic carbocycles. The molecular formula is C26H30FN3O2. The summed E-state index contributed by atoms with van der Waals surface area (Å²) in [4.78, 5) is 16.4. The van der Waals surface area contributed by atoms with Gasteiger partial charge in [0.2, 0.25) is 0 Å². The van der Waals surface area contributed by atoms with Crippen molar-refractivity contribution in [2.45, 2.75) is 59.2 Å². The monoisotopic (exact) mass is 435 g/mol. The number of fused-ring (bicyclic) bond motifs is 1. The van der Waals surface area contributed by atoms with Crippen molar-refractivity contribution < 1.29 is 13.9 Å². The molecular weight excluding hydrogens is 405 g/mol. The Bertz CT molecular complexity index is 1160. The zero-order valence-electron chi connectivity index (χ0n) is 19.2. The standard InChI is InChI=1S/C26H30FN3O2/c1-6-32-26(31)25-21-14-30(29-23(21)7-8-28-25)13-18-9-16(4)24(17(5)10-18)20-11-19(20)12-22(27)15(2)3/h7-10,14,19-20,22H,2,6,11-13H2,1,3-5H3. The lowest BCUT2D eigenvalue weighted by Crippen LogP contribution is -2.07. The van der Waals surface area contributed by atoms with Crippen molar-refractivity contribution in [1.29, 1.82) is 0 Å². The molecule has 0 saturated heterocycles. The first-order valence-electron chi connectivity index (χ1n) is 11.2. The Kier molecular flexibility index (Phi) is 6.13. The highest BCUT2D eigenvalue weighted by Crippen LogP contribution is 2.52. The topological polar surface area (TPSA) is 57.0 Å². The first-order chi connectivity index (χ1) is 15.3. The molecule has 0 amide bonds. The molecule has 168 valence electrons. The molecule has 0 N–H and O–H groups in total. The minimum absolute atomic E-state index is 0.291. The van der Waals surface area contributed by atoms with Crippen molar-refractivity contribution in [3.8, 4) is 0 Å². The van der Waals surface area contributed by atoms with Crippen molar-refractivity contribution >= 4 is 16.9 Å². The van der Waals surface area contributed by atoms with Crippen molar-refractivity contribution in [1.82, 2.24) is 14.8 Å². The number of allylic oxidation sites excluding steroid dienone is 1. The second-order valence-electron chi connectivity index (χ2n) is 8.93. The summed E-state index contributed by atoms with van der Waals surface area (Å²) >= 11 is 0. The number of benzene rings is 1. The maximum atomic E-state index is 14.1. The molecule has 6 heteroatoms.